The van der Waals surface area contributed by atoms with E-state index in [1.165, 1.54) is 25.1 Å². The monoisotopic (exact) mass is 278 g/mol. The van der Waals surface area contributed by atoms with E-state index < -0.39 is 30.4 Å². The molecule has 0 heterocycles. The van der Waals surface area contributed by atoms with E-state index in [0.717, 1.165) is 6.07 Å². The largest absolute Gasteiger partial charge is 0.390 e. The van der Waals surface area contributed by atoms with Crippen LogP contribution in [0.25, 0.3) is 0 Å². The van der Waals surface area contributed by atoms with E-state index in [4.69, 9.17) is 0 Å². The van der Waals surface area contributed by atoms with Crippen molar-refractivity contribution in [1.82, 2.24) is 5.32 Å². The van der Waals surface area contributed by atoms with E-state index in [-0.39, 0.29) is 12.2 Å². The van der Waals surface area contributed by atoms with Crippen molar-refractivity contribution >= 4 is 11.6 Å². The first-order chi connectivity index (χ1) is 8.76. The minimum atomic E-state index is -4.27. The molecule has 1 aromatic rings. The van der Waals surface area contributed by atoms with Gasteiger partial charge < -0.3 is 10.6 Å². The zero-order chi connectivity index (χ0) is 14.5. The lowest BCUT2D eigenvalue weighted by Crippen LogP contribution is -2.37. The van der Waals surface area contributed by atoms with Gasteiger partial charge in [-0.1, -0.05) is 6.07 Å². The molecule has 0 saturated heterocycles. The fourth-order valence-corrected chi connectivity index (χ4v) is 1.46. The SMILES string of the molecule is CC(CC(F)(F)F)NCC(=O)Nc1cccc(F)c1. The number of halogens is 4. The molecule has 1 aromatic carbocycles. The van der Waals surface area contributed by atoms with Crippen molar-refractivity contribution in [1.29, 1.82) is 0 Å². The molecular formula is C12H14F4N2O. The van der Waals surface area contributed by atoms with Crippen LogP contribution in [0.2, 0.25) is 0 Å². The molecule has 7 heteroatoms. The minimum Gasteiger partial charge on any atom is -0.325 e. The highest BCUT2D eigenvalue weighted by Crippen LogP contribution is 2.21. The first-order valence-electron chi connectivity index (χ1n) is 5.62. The molecular weight excluding hydrogens is 264 g/mol. The number of nitrogens with one attached hydrogen (secondary N) is 2. The summed E-state index contributed by atoms with van der Waals surface area (Å²) < 4.78 is 48.9. The lowest BCUT2D eigenvalue weighted by molar-refractivity contribution is -0.139. The van der Waals surface area contributed by atoms with Crippen LogP contribution >= 0.6 is 0 Å². The third kappa shape index (κ3) is 6.76. The average Bonchev–Trinajstić information content (AvgIpc) is 2.24. The van der Waals surface area contributed by atoms with E-state index in [1.54, 1.807) is 0 Å². The van der Waals surface area contributed by atoms with E-state index >= 15 is 0 Å². The number of alkyl halides is 3. The van der Waals surface area contributed by atoms with Gasteiger partial charge in [-0.25, -0.2) is 4.39 Å². The smallest absolute Gasteiger partial charge is 0.325 e. The highest BCUT2D eigenvalue weighted by molar-refractivity contribution is 5.92. The zero-order valence-corrected chi connectivity index (χ0v) is 10.2. The van der Waals surface area contributed by atoms with E-state index in [1.807, 2.05) is 0 Å². The number of amides is 1. The Morgan fingerprint density at radius 2 is 2.05 bits per heavy atom. The first-order valence-corrected chi connectivity index (χ1v) is 5.62. The van der Waals surface area contributed by atoms with E-state index in [0.29, 0.717) is 0 Å². The number of carbonyl (C=O) groups is 1. The van der Waals surface area contributed by atoms with E-state index in [2.05, 4.69) is 10.6 Å². The molecule has 2 N–H and O–H groups in total. The Labute approximate surface area is 108 Å². The standard InChI is InChI=1S/C12H14F4N2O/c1-8(6-12(14,15)16)17-7-11(19)18-10-4-2-3-9(13)5-10/h2-5,8,17H,6-7H2,1H3,(H,18,19). The molecule has 0 aliphatic carbocycles. The second-order valence-corrected chi connectivity index (χ2v) is 4.16. The van der Waals surface area contributed by atoms with Gasteiger partial charge >= 0.3 is 6.18 Å². The molecule has 1 unspecified atom stereocenters. The van der Waals surface area contributed by atoms with Crippen molar-refractivity contribution in [3.05, 3.63) is 30.1 Å². The molecule has 1 atom stereocenters. The summed E-state index contributed by atoms with van der Waals surface area (Å²) in [6, 6.07) is 4.39. The van der Waals surface area contributed by atoms with Crippen LogP contribution in [0.5, 0.6) is 0 Å². The predicted octanol–water partition coefficient (Wildman–Crippen LogP) is 2.69. The Morgan fingerprint density at radius 3 is 2.63 bits per heavy atom. The van der Waals surface area contributed by atoms with Crippen molar-refractivity contribution in [2.24, 2.45) is 0 Å². The van der Waals surface area contributed by atoms with Gasteiger partial charge in [-0.05, 0) is 25.1 Å². The van der Waals surface area contributed by atoms with Gasteiger partial charge in [-0.3, -0.25) is 4.79 Å². The number of hydrogen-bond acceptors (Lipinski definition) is 2. The van der Waals surface area contributed by atoms with Gasteiger partial charge in [-0.2, -0.15) is 13.2 Å². The summed E-state index contributed by atoms with van der Waals surface area (Å²) in [4.78, 5) is 11.4. The summed E-state index contributed by atoms with van der Waals surface area (Å²) in [5, 5.41) is 4.83. The Bertz CT molecular complexity index is 434. The van der Waals surface area contributed by atoms with Crippen molar-refractivity contribution in [2.45, 2.75) is 25.6 Å². The second-order valence-electron chi connectivity index (χ2n) is 4.16. The molecule has 0 spiro atoms. The number of carbonyl (C=O) groups excluding carboxylic acids is 1. The van der Waals surface area contributed by atoms with Gasteiger partial charge in [0.25, 0.3) is 0 Å². The second kappa shape index (κ2) is 6.51. The van der Waals surface area contributed by atoms with Crippen molar-refractivity contribution in [3.8, 4) is 0 Å². The topological polar surface area (TPSA) is 41.1 Å². The van der Waals surface area contributed by atoms with Crippen LogP contribution in [0, 0.1) is 5.82 Å². The van der Waals surface area contributed by atoms with Crippen LogP contribution in [0.1, 0.15) is 13.3 Å². The maximum absolute atomic E-state index is 12.8. The molecule has 0 aliphatic heterocycles. The molecule has 0 fully saturated rings. The Kier molecular flexibility index (Phi) is 5.29. The highest BCUT2D eigenvalue weighted by Gasteiger charge is 2.29. The summed E-state index contributed by atoms with van der Waals surface area (Å²) in [5.74, 6) is -1.03. The van der Waals surface area contributed by atoms with Crippen molar-refractivity contribution < 1.29 is 22.4 Å². The van der Waals surface area contributed by atoms with Crippen LogP contribution in [0.4, 0.5) is 23.2 Å². The number of anilines is 1. The molecule has 0 radical (unpaired) electrons. The maximum Gasteiger partial charge on any atom is 0.390 e. The number of hydrogen-bond donors (Lipinski definition) is 2. The van der Waals surface area contributed by atoms with E-state index in [9.17, 15) is 22.4 Å². The molecule has 1 amide bonds. The maximum atomic E-state index is 12.8. The Morgan fingerprint density at radius 1 is 1.37 bits per heavy atom. The molecule has 1 rings (SSSR count). The molecule has 0 aliphatic rings. The normalized spacial score (nSPS) is 13.1. The lowest BCUT2D eigenvalue weighted by Gasteiger charge is -2.15. The third-order valence-electron chi connectivity index (χ3n) is 2.26. The van der Waals surface area contributed by atoms with Gasteiger partial charge in [0.05, 0.1) is 13.0 Å². The quantitative estimate of drug-likeness (QED) is 0.813. The van der Waals surface area contributed by atoms with Gasteiger partial charge in [0.2, 0.25) is 5.91 Å². The van der Waals surface area contributed by atoms with Crippen LogP contribution < -0.4 is 10.6 Å². The van der Waals surface area contributed by atoms with Gasteiger partial charge in [-0.15, -0.1) is 0 Å². The lowest BCUT2D eigenvalue weighted by atomic mass is 10.2. The third-order valence-corrected chi connectivity index (χ3v) is 2.26. The molecule has 3 nitrogen and oxygen atoms in total. The fourth-order valence-electron chi connectivity index (χ4n) is 1.46. The molecule has 0 aromatic heterocycles. The minimum absolute atomic E-state index is 0.260. The molecule has 106 valence electrons. The van der Waals surface area contributed by atoms with Crippen LogP contribution in [0.15, 0.2) is 24.3 Å². The Hall–Kier alpha value is -1.63. The summed E-state index contributed by atoms with van der Waals surface area (Å²) in [6.45, 7) is 1.07. The van der Waals surface area contributed by atoms with Crippen LogP contribution in [0.3, 0.4) is 0 Å². The predicted molar refractivity (Wildman–Crippen MR) is 63.2 cm³/mol. The summed E-state index contributed by atoms with van der Waals surface area (Å²) in [5.41, 5.74) is 0.260. The van der Waals surface area contributed by atoms with Crippen LogP contribution in [-0.4, -0.2) is 24.7 Å². The highest BCUT2D eigenvalue weighted by atomic mass is 19.4. The molecule has 19 heavy (non-hydrogen) atoms. The van der Waals surface area contributed by atoms with Gasteiger partial charge in [0.15, 0.2) is 0 Å². The average molecular weight is 278 g/mol. The fraction of sp³-hybridized carbons (Fsp3) is 0.417. The number of rotatable bonds is 5. The van der Waals surface area contributed by atoms with Crippen molar-refractivity contribution in [2.75, 3.05) is 11.9 Å². The zero-order valence-electron chi connectivity index (χ0n) is 10.2. The summed E-state index contributed by atoms with van der Waals surface area (Å²) in [6.07, 6.45) is -5.29. The Balaban J connectivity index is 2.36. The number of benzene rings is 1. The molecule has 0 saturated carbocycles. The summed E-state index contributed by atoms with van der Waals surface area (Å²) >= 11 is 0. The molecule has 0 bridgehead atoms. The van der Waals surface area contributed by atoms with Gasteiger partial charge in [0.1, 0.15) is 5.82 Å². The summed E-state index contributed by atoms with van der Waals surface area (Å²) in [7, 11) is 0. The van der Waals surface area contributed by atoms with Crippen LogP contribution in [-0.2, 0) is 4.79 Å². The first kappa shape index (κ1) is 15.4. The van der Waals surface area contributed by atoms with Crippen molar-refractivity contribution in [3.63, 3.8) is 0 Å². The van der Waals surface area contributed by atoms with Gasteiger partial charge in [0, 0.05) is 11.7 Å².